The molecule has 0 unspecified atom stereocenters. The van der Waals surface area contributed by atoms with Crippen LogP contribution in [0.5, 0.6) is 0 Å². The molecule has 24 heteroatoms. The molecule has 0 spiro atoms. The molecule has 0 aliphatic rings. The molecule has 0 fully saturated rings. The summed E-state index contributed by atoms with van der Waals surface area (Å²) < 4.78 is 105. The minimum absolute atomic E-state index is 0.122. The summed E-state index contributed by atoms with van der Waals surface area (Å²) in [6.07, 6.45) is 5.96. The van der Waals surface area contributed by atoms with Crippen molar-refractivity contribution >= 4 is 121 Å². The van der Waals surface area contributed by atoms with E-state index in [-0.39, 0.29) is 30.7 Å². The van der Waals surface area contributed by atoms with E-state index in [0.29, 0.717) is 37.6 Å². The van der Waals surface area contributed by atoms with E-state index in [1.54, 1.807) is 79.0 Å². The summed E-state index contributed by atoms with van der Waals surface area (Å²) in [4.78, 5) is 9.05. The molecule has 68 heavy (non-hydrogen) atoms. The normalized spacial score (nSPS) is 12.2. The zero-order valence-corrected chi connectivity index (χ0v) is 43.8. The van der Waals surface area contributed by atoms with Crippen molar-refractivity contribution in [3.05, 3.63) is 159 Å². The van der Waals surface area contributed by atoms with E-state index in [4.69, 9.17) is 33.2 Å². The molecular weight excluding hydrogens is 1110 g/mol. The van der Waals surface area contributed by atoms with Crippen LogP contribution in [0, 0.1) is 17.4 Å². The third-order valence-corrected chi connectivity index (χ3v) is 18.7. The first kappa shape index (κ1) is 52.6. The Labute approximate surface area is 418 Å². The average Bonchev–Trinajstić information content (AvgIpc) is 3.88. The number of aromatic nitrogens is 4. The molecule has 8 aromatic rings. The van der Waals surface area contributed by atoms with Crippen molar-refractivity contribution in [1.82, 2.24) is 26.5 Å². The number of rotatable bonds is 10. The predicted octanol–water partition coefficient (Wildman–Crippen LogP) is 6.61. The summed E-state index contributed by atoms with van der Waals surface area (Å²) in [5.74, 6) is 0. The molecule has 0 saturated heterocycles. The van der Waals surface area contributed by atoms with Gasteiger partial charge in [0.1, 0.15) is 0 Å². The Hall–Kier alpha value is -4.73. The maximum atomic E-state index is 13.4. The van der Waals surface area contributed by atoms with Gasteiger partial charge in [0.05, 0.1) is 35.0 Å². The lowest BCUT2D eigenvalue weighted by Crippen LogP contribution is -2.30. The summed E-state index contributed by atoms with van der Waals surface area (Å²) in [7, 11) is -10.5. The van der Waals surface area contributed by atoms with Gasteiger partial charge in [0.2, 0.25) is 20.0 Å². The van der Waals surface area contributed by atoms with Crippen LogP contribution < -0.4 is 5.46 Å². The van der Waals surface area contributed by atoms with Crippen LogP contribution in [-0.2, 0) is 40.1 Å². The highest BCUT2D eigenvalue weighted by Gasteiger charge is 2.26. The summed E-state index contributed by atoms with van der Waals surface area (Å²) >= 11 is 14.6. The van der Waals surface area contributed by atoms with E-state index in [0.717, 1.165) is 27.3 Å². The van der Waals surface area contributed by atoms with E-state index in [1.807, 2.05) is 13.8 Å². The Kier molecular flexibility index (Phi) is 16.0. The molecule has 16 nitrogen and oxygen atoms in total. The fraction of sp³-hybridized carbons (Fsp3) is 0.136. The van der Waals surface area contributed by atoms with Crippen LogP contribution in [0.2, 0.25) is 10.0 Å². The summed E-state index contributed by atoms with van der Waals surface area (Å²) in [6.45, 7) is 3.78. The largest absolute Gasteiger partial charge is 0.488 e. The highest BCUT2D eigenvalue weighted by atomic mass is 127. The van der Waals surface area contributed by atoms with Crippen molar-refractivity contribution in [3.8, 4) is 11.1 Å². The van der Waals surface area contributed by atoms with Crippen molar-refractivity contribution < 1.29 is 43.7 Å². The molecule has 4 aromatic carbocycles. The molecule has 0 bridgehead atoms. The molecule has 0 atom stereocenters. The van der Waals surface area contributed by atoms with Gasteiger partial charge in [-0.25, -0.2) is 60.2 Å². The second-order valence-corrected chi connectivity index (χ2v) is 25.2. The lowest BCUT2D eigenvalue weighted by molar-refractivity contribution is 0.425. The maximum absolute atomic E-state index is 13.4. The van der Waals surface area contributed by atoms with Gasteiger partial charge in [-0.05, 0) is 108 Å². The minimum atomic E-state index is -3.94. The molecule has 0 aliphatic heterocycles. The molecule has 0 radical (unpaired) electrons. The van der Waals surface area contributed by atoms with Crippen molar-refractivity contribution in [2.45, 2.75) is 33.4 Å². The number of hydrogen-bond acceptors (Lipinski definition) is 12. The minimum Gasteiger partial charge on any atom is -0.423 e. The van der Waals surface area contributed by atoms with Crippen molar-refractivity contribution in [2.75, 3.05) is 28.2 Å². The smallest absolute Gasteiger partial charge is 0.423 e. The second-order valence-electron chi connectivity index (χ2n) is 15.3. The molecule has 0 aliphatic carbocycles. The number of benzene rings is 4. The average molecular weight is 1150 g/mol. The lowest BCUT2D eigenvalue weighted by atomic mass is 9.81. The highest BCUT2D eigenvalue weighted by Crippen LogP contribution is 2.37. The van der Waals surface area contributed by atoms with Gasteiger partial charge in [-0.15, -0.1) is 0 Å². The Morgan fingerprint density at radius 2 is 0.897 bits per heavy atom. The van der Waals surface area contributed by atoms with Gasteiger partial charge in [0, 0.05) is 67.5 Å². The topological polar surface area (TPSA) is 219 Å². The Morgan fingerprint density at radius 3 is 1.31 bits per heavy atom. The van der Waals surface area contributed by atoms with Gasteiger partial charge in [0.25, 0.3) is 20.0 Å². The molecule has 2 N–H and O–H groups in total. The second kappa shape index (κ2) is 20.7. The van der Waals surface area contributed by atoms with Gasteiger partial charge >= 0.3 is 7.12 Å². The number of aryl methyl sites for hydroxylation is 2. The first-order chi connectivity index (χ1) is 31.8. The van der Waals surface area contributed by atoms with Crippen LogP contribution in [0.3, 0.4) is 0 Å². The number of sulfonamides is 2. The van der Waals surface area contributed by atoms with Crippen LogP contribution in [-0.4, -0.2) is 106 Å². The highest BCUT2D eigenvalue weighted by molar-refractivity contribution is 14.1. The van der Waals surface area contributed by atoms with Crippen LogP contribution in [0.15, 0.2) is 154 Å². The van der Waals surface area contributed by atoms with Gasteiger partial charge in [-0.1, -0.05) is 82.9 Å². The van der Waals surface area contributed by atoms with Gasteiger partial charge in [-0.2, -0.15) is 0 Å². The first-order valence-corrected chi connectivity index (χ1v) is 27.4. The molecule has 0 amide bonds. The quantitative estimate of drug-likeness (QED) is 0.109. The van der Waals surface area contributed by atoms with E-state index in [9.17, 15) is 33.7 Å². The molecular formula is C44H42BCl2IN6O10S4. The van der Waals surface area contributed by atoms with Crippen LogP contribution >= 0.6 is 45.8 Å². The molecule has 8 rings (SSSR count). The number of nitrogens with zero attached hydrogens (tertiary/aromatic N) is 6. The monoisotopic (exact) mass is 1150 g/mol. The summed E-state index contributed by atoms with van der Waals surface area (Å²) in [6, 6.07) is 28.1. The summed E-state index contributed by atoms with van der Waals surface area (Å²) in [5.41, 5.74) is 3.87. The molecule has 4 aromatic heterocycles. The number of halogens is 3. The van der Waals surface area contributed by atoms with Gasteiger partial charge < -0.3 is 10.0 Å². The van der Waals surface area contributed by atoms with E-state index < -0.39 is 47.2 Å². The molecule has 356 valence electrons. The number of hydrogen-bond donors (Lipinski definition) is 2. The van der Waals surface area contributed by atoms with Crippen LogP contribution in [0.1, 0.15) is 11.1 Å². The van der Waals surface area contributed by atoms with Gasteiger partial charge in [0.15, 0.2) is 11.3 Å². The maximum Gasteiger partial charge on any atom is 0.488 e. The van der Waals surface area contributed by atoms with E-state index in [1.165, 1.54) is 87.2 Å². The summed E-state index contributed by atoms with van der Waals surface area (Å²) in [5, 5.41) is 19.6. The standard InChI is InChI=1S/C22H20ClN3O4S2.C14H10ClIN2O2S.C8H12BNO4S/c1-15-4-8-18(9-5-15)32(29,30)26-14-19(21-20(23)12-13-24-22(21)26)16-6-10-17(11-7-16)31(27,28)25(2)3;1-9-2-4-10(5-3-9)21(19,20)18-8-12(16)13-11(15)6-7-17-14(13)18;1-10(2)15(13,14)8-5-3-7(4-6-8)9(11)12/h4-14H,1-3H3;2-8H,1H3;3-6,11-12H,1-2H3. The fourth-order valence-corrected chi connectivity index (χ4v) is 12.5. The van der Waals surface area contributed by atoms with Crippen molar-refractivity contribution in [1.29, 1.82) is 0 Å². The van der Waals surface area contributed by atoms with Crippen LogP contribution in [0.25, 0.3) is 33.2 Å². The molecule has 0 saturated carbocycles. The Morgan fingerprint density at radius 1 is 0.529 bits per heavy atom. The van der Waals surface area contributed by atoms with Crippen molar-refractivity contribution in [3.63, 3.8) is 0 Å². The zero-order valence-electron chi connectivity index (χ0n) is 36.9. The molecule has 4 heterocycles. The predicted molar refractivity (Wildman–Crippen MR) is 273 cm³/mol. The lowest BCUT2D eigenvalue weighted by Gasteiger charge is -2.11. The Balaban J connectivity index is 0.000000182. The van der Waals surface area contributed by atoms with Crippen LogP contribution in [0.4, 0.5) is 0 Å². The van der Waals surface area contributed by atoms with Gasteiger partial charge in [-0.3, -0.25) is 0 Å². The van der Waals surface area contributed by atoms with E-state index >= 15 is 0 Å². The van der Waals surface area contributed by atoms with E-state index in [2.05, 4.69) is 32.6 Å². The fourth-order valence-electron chi connectivity index (χ4n) is 6.40. The third-order valence-electron chi connectivity index (χ3n) is 10.2. The number of pyridine rings is 2. The van der Waals surface area contributed by atoms with Crippen molar-refractivity contribution in [2.24, 2.45) is 0 Å². The zero-order chi connectivity index (χ0) is 50.1. The number of fused-ring (bicyclic) bond motifs is 2. The third kappa shape index (κ3) is 10.8. The SMILES string of the molecule is CN(C)S(=O)(=O)c1ccc(B(O)O)cc1.Cc1ccc(S(=O)(=O)n2cc(-c3ccc(S(=O)(=O)N(C)C)cc3)c3c(Cl)ccnc32)cc1.Cc1ccc(S(=O)(=O)n2cc(I)c3c(Cl)ccnc32)cc1. The Bertz CT molecular complexity index is 3600. The first-order valence-electron chi connectivity index (χ1n) is 19.8.